The molecule has 2 heterocycles. The molecule has 1 aliphatic heterocycles. The molecule has 0 radical (unpaired) electrons. The highest BCUT2D eigenvalue weighted by Gasteiger charge is 2.35. The van der Waals surface area contributed by atoms with Crippen molar-refractivity contribution in [2.75, 3.05) is 6.61 Å². The Morgan fingerprint density at radius 2 is 2.33 bits per heavy atom. The van der Waals surface area contributed by atoms with Crippen molar-refractivity contribution in [2.45, 2.75) is 45.4 Å². The Morgan fingerprint density at radius 1 is 1.61 bits per heavy atom. The first-order valence-corrected chi connectivity index (χ1v) is 7.16. The van der Waals surface area contributed by atoms with Gasteiger partial charge < -0.3 is 4.74 Å². The van der Waals surface area contributed by atoms with E-state index in [0.29, 0.717) is 12.0 Å². The number of ether oxygens (including phenoxy) is 1. The summed E-state index contributed by atoms with van der Waals surface area (Å²) in [6.45, 7) is 7.14. The predicted octanol–water partition coefficient (Wildman–Crippen LogP) is 2.16. The molecule has 1 fully saturated rings. The first kappa shape index (κ1) is 14.0. The van der Waals surface area contributed by atoms with E-state index in [2.05, 4.69) is 47.2 Å². The minimum Gasteiger partial charge on any atom is -0.378 e. The average Bonchev–Trinajstić information content (AvgIpc) is 2.89. The van der Waals surface area contributed by atoms with Gasteiger partial charge in [-0.15, -0.1) is 0 Å². The Morgan fingerprint density at radius 3 is 2.83 bits per heavy atom. The summed E-state index contributed by atoms with van der Waals surface area (Å²) in [4.78, 5) is 0. The number of hydrazine groups is 1. The van der Waals surface area contributed by atoms with Crippen LogP contribution in [-0.2, 0) is 4.74 Å². The number of nitrogens with one attached hydrogen (secondary N) is 1. The Balaban J connectivity index is 2.35. The first-order chi connectivity index (χ1) is 8.56. The van der Waals surface area contributed by atoms with Crippen LogP contribution in [-0.4, -0.2) is 22.5 Å². The number of hydrogen-bond acceptors (Lipinski definition) is 4. The lowest BCUT2D eigenvalue weighted by Gasteiger charge is -2.27. The molecule has 1 aliphatic rings. The first-order valence-electron chi connectivity index (χ1n) is 6.37. The summed E-state index contributed by atoms with van der Waals surface area (Å²) < 4.78 is 8.66. The van der Waals surface area contributed by atoms with Crippen LogP contribution in [0.5, 0.6) is 0 Å². The molecule has 0 spiro atoms. The minimum atomic E-state index is 0.0572. The fourth-order valence-corrected chi connectivity index (χ4v) is 3.16. The number of nitrogens with two attached hydrogens (primary N) is 1. The lowest BCUT2D eigenvalue weighted by molar-refractivity contribution is 0.0940. The van der Waals surface area contributed by atoms with Crippen LogP contribution in [0.3, 0.4) is 0 Å². The summed E-state index contributed by atoms with van der Waals surface area (Å²) in [5, 5.41) is 4.41. The SMILES string of the molecule is CC1OCCC1C(NN)c1c(Br)cnn1C(C)C. The molecular formula is C12H21BrN4O. The third-order valence-corrected chi connectivity index (χ3v) is 4.22. The summed E-state index contributed by atoms with van der Waals surface area (Å²) in [5.41, 5.74) is 4.05. The standard InChI is InChI=1S/C12H21BrN4O/c1-7(2)17-12(10(13)6-15-17)11(16-14)9-4-5-18-8(9)3/h6-9,11,16H,4-5,14H2,1-3H3. The van der Waals surface area contributed by atoms with E-state index in [-0.39, 0.29) is 12.1 Å². The molecule has 18 heavy (non-hydrogen) atoms. The van der Waals surface area contributed by atoms with Crippen molar-refractivity contribution < 1.29 is 4.74 Å². The van der Waals surface area contributed by atoms with Crippen LogP contribution in [0.25, 0.3) is 0 Å². The van der Waals surface area contributed by atoms with Gasteiger partial charge in [-0.3, -0.25) is 16.0 Å². The second-order valence-electron chi connectivity index (χ2n) is 5.09. The van der Waals surface area contributed by atoms with Gasteiger partial charge in [-0.05, 0) is 43.1 Å². The molecule has 1 aromatic rings. The second kappa shape index (κ2) is 5.69. The van der Waals surface area contributed by atoms with E-state index in [0.717, 1.165) is 23.2 Å². The Hall–Kier alpha value is -0.430. The third kappa shape index (κ3) is 2.47. The van der Waals surface area contributed by atoms with Crippen molar-refractivity contribution in [3.8, 4) is 0 Å². The van der Waals surface area contributed by atoms with E-state index in [1.165, 1.54) is 0 Å². The molecule has 6 heteroatoms. The molecule has 3 unspecified atom stereocenters. The van der Waals surface area contributed by atoms with Crippen molar-refractivity contribution >= 4 is 15.9 Å². The zero-order valence-corrected chi connectivity index (χ0v) is 12.6. The molecule has 5 nitrogen and oxygen atoms in total. The summed E-state index contributed by atoms with van der Waals surface area (Å²) in [5.74, 6) is 6.15. The highest BCUT2D eigenvalue weighted by molar-refractivity contribution is 9.10. The molecule has 102 valence electrons. The summed E-state index contributed by atoms with van der Waals surface area (Å²) in [6.07, 6.45) is 3.07. The maximum atomic E-state index is 5.78. The van der Waals surface area contributed by atoms with E-state index >= 15 is 0 Å². The fraction of sp³-hybridized carbons (Fsp3) is 0.750. The number of rotatable bonds is 4. The molecule has 0 aliphatic carbocycles. The normalized spacial score (nSPS) is 25.9. The van der Waals surface area contributed by atoms with Crippen LogP contribution < -0.4 is 11.3 Å². The topological polar surface area (TPSA) is 65.1 Å². The smallest absolute Gasteiger partial charge is 0.0716 e. The van der Waals surface area contributed by atoms with Gasteiger partial charge in [-0.1, -0.05) is 0 Å². The van der Waals surface area contributed by atoms with Gasteiger partial charge in [0.25, 0.3) is 0 Å². The van der Waals surface area contributed by atoms with Crippen molar-refractivity contribution in [1.82, 2.24) is 15.2 Å². The molecule has 3 atom stereocenters. The zero-order valence-electron chi connectivity index (χ0n) is 11.1. The Bertz CT molecular complexity index is 407. The van der Waals surface area contributed by atoms with E-state index in [4.69, 9.17) is 10.6 Å². The van der Waals surface area contributed by atoms with Gasteiger partial charge in [-0.25, -0.2) is 0 Å². The van der Waals surface area contributed by atoms with Crippen LogP contribution in [0.2, 0.25) is 0 Å². The number of halogens is 1. The lowest BCUT2D eigenvalue weighted by atomic mass is 9.91. The van der Waals surface area contributed by atoms with Gasteiger partial charge in [-0.2, -0.15) is 5.10 Å². The van der Waals surface area contributed by atoms with E-state index in [1.54, 1.807) is 0 Å². The Labute approximate surface area is 116 Å². The lowest BCUT2D eigenvalue weighted by Crippen LogP contribution is -2.38. The van der Waals surface area contributed by atoms with Gasteiger partial charge in [0.15, 0.2) is 0 Å². The molecule has 2 rings (SSSR count). The molecule has 0 bridgehead atoms. The Kier molecular flexibility index (Phi) is 4.42. The second-order valence-corrected chi connectivity index (χ2v) is 5.94. The maximum Gasteiger partial charge on any atom is 0.0716 e. The van der Waals surface area contributed by atoms with Crippen molar-refractivity contribution in [1.29, 1.82) is 0 Å². The van der Waals surface area contributed by atoms with Gasteiger partial charge in [0.1, 0.15) is 0 Å². The largest absolute Gasteiger partial charge is 0.378 e. The molecule has 0 saturated carbocycles. The van der Waals surface area contributed by atoms with E-state index in [1.807, 2.05) is 10.9 Å². The van der Waals surface area contributed by atoms with Crippen LogP contribution in [0.15, 0.2) is 10.7 Å². The predicted molar refractivity (Wildman–Crippen MR) is 73.9 cm³/mol. The van der Waals surface area contributed by atoms with Crippen molar-refractivity contribution in [3.05, 3.63) is 16.4 Å². The molecule has 1 aromatic heterocycles. The highest BCUT2D eigenvalue weighted by atomic mass is 79.9. The summed E-state index contributed by atoms with van der Waals surface area (Å²) in [7, 11) is 0. The van der Waals surface area contributed by atoms with E-state index in [9.17, 15) is 0 Å². The van der Waals surface area contributed by atoms with Crippen molar-refractivity contribution in [2.24, 2.45) is 11.8 Å². The monoisotopic (exact) mass is 316 g/mol. The van der Waals surface area contributed by atoms with Crippen LogP contribution in [0, 0.1) is 5.92 Å². The third-order valence-electron chi connectivity index (χ3n) is 3.61. The molecule has 1 saturated heterocycles. The quantitative estimate of drug-likeness (QED) is 0.660. The van der Waals surface area contributed by atoms with Crippen LogP contribution in [0.4, 0.5) is 0 Å². The highest BCUT2D eigenvalue weighted by Crippen LogP contribution is 2.36. The van der Waals surface area contributed by atoms with Crippen LogP contribution in [0.1, 0.15) is 45.0 Å². The van der Waals surface area contributed by atoms with Gasteiger partial charge >= 0.3 is 0 Å². The van der Waals surface area contributed by atoms with Gasteiger partial charge in [0, 0.05) is 18.6 Å². The summed E-state index contributed by atoms with van der Waals surface area (Å²) >= 11 is 3.57. The molecule has 0 aromatic carbocycles. The van der Waals surface area contributed by atoms with Crippen molar-refractivity contribution in [3.63, 3.8) is 0 Å². The zero-order chi connectivity index (χ0) is 13.3. The maximum absolute atomic E-state index is 5.78. The van der Waals surface area contributed by atoms with Gasteiger partial charge in [0.05, 0.1) is 28.5 Å². The van der Waals surface area contributed by atoms with E-state index < -0.39 is 0 Å². The summed E-state index contributed by atoms with van der Waals surface area (Å²) in [6, 6.07) is 0.363. The van der Waals surface area contributed by atoms with Gasteiger partial charge in [0.2, 0.25) is 0 Å². The number of aromatic nitrogens is 2. The molecule has 3 N–H and O–H groups in total. The average molecular weight is 317 g/mol. The fourth-order valence-electron chi connectivity index (χ4n) is 2.64. The van der Waals surface area contributed by atoms with Crippen LogP contribution >= 0.6 is 15.9 Å². The number of nitrogens with zero attached hydrogens (tertiary/aromatic N) is 2. The molecule has 0 amide bonds. The molecular weight excluding hydrogens is 296 g/mol. The minimum absolute atomic E-state index is 0.0572. The number of hydrogen-bond donors (Lipinski definition) is 2.